The summed E-state index contributed by atoms with van der Waals surface area (Å²) in [6.07, 6.45) is 1.05. The second-order valence-electron chi connectivity index (χ2n) is 7.48. The summed E-state index contributed by atoms with van der Waals surface area (Å²) in [5.41, 5.74) is 6.45. The first-order valence-electron chi connectivity index (χ1n) is 10.4. The van der Waals surface area contributed by atoms with Crippen LogP contribution in [0, 0.1) is 0 Å². The van der Waals surface area contributed by atoms with Gasteiger partial charge in [0.1, 0.15) is 0 Å². The molecule has 0 bridgehead atoms. The molecular weight excluding hydrogens is 386 g/mol. The normalized spacial score (nSPS) is 11.1. The van der Waals surface area contributed by atoms with E-state index in [-0.39, 0.29) is 0 Å². The summed E-state index contributed by atoms with van der Waals surface area (Å²) in [4.78, 5) is 10.5. The molecule has 0 spiro atoms. The lowest BCUT2D eigenvalue weighted by atomic mass is 9.98. The Balaban J connectivity index is 1.41. The molecule has 0 unspecified atom stereocenters. The van der Waals surface area contributed by atoms with Crippen molar-refractivity contribution in [2.24, 2.45) is 0 Å². The molecule has 154 valence electrons. The van der Waals surface area contributed by atoms with Crippen LogP contribution in [0.25, 0.3) is 33.5 Å². The number of nitrogens with zero attached hydrogens (tertiary/aromatic N) is 5. The zero-order valence-electron chi connectivity index (χ0n) is 17.3. The third-order valence-corrected chi connectivity index (χ3v) is 5.32. The average molecular weight is 409 g/mol. The van der Waals surface area contributed by atoms with Crippen molar-refractivity contribution in [1.29, 1.82) is 0 Å². The van der Waals surface area contributed by atoms with E-state index >= 15 is 0 Å². The number of rotatable bonds is 7. The van der Waals surface area contributed by atoms with Crippen LogP contribution in [0.1, 0.15) is 18.9 Å². The number of hydrogen-bond donors (Lipinski definition) is 2. The maximum Gasteiger partial charge on any atom is 0.205 e. The smallest absolute Gasteiger partial charge is 0.205 e. The number of para-hydroxylation sites is 2. The number of tetrazole rings is 1. The number of imidazole rings is 1. The maximum absolute atomic E-state index is 4.78. The Morgan fingerprint density at radius 1 is 0.871 bits per heavy atom. The van der Waals surface area contributed by atoms with Crippen molar-refractivity contribution in [2.45, 2.75) is 19.9 Å². The maximum atomic E-state index is 4.78. The number of nitrogens with one attached hydrogen (secondary N) is 2. The highest BCUT2D eigenvalue weighted by Gasteiger charge is 2.13. The van der Waals surface area contributed by atoms with E-state index < -0.39 is 0 Å². The lowest BCUT2D eigenvalue weighted by molar-refractivity contribution is 0.747. The fourth-order valence-corrected chi connectivity index (χ4v) is 3.83. The molecule has 2 N–H and O–H groups in total. The molecule has 7 heteroatoms. The van der Waals surface area contributed by atoms with E-state index in [1.807, 2.05) is 36.4 Å². The van der Waals surface area contributed by atoms with Crippen LogP contribution in [0.4, 0.5) is 5.95 Å². The highest BCUT2D eigenvalue weighted by atomic mass is 15.5. The number of H-pyrrole nitrogens is 2. The third kappa shape index (κ3) is 3.90. The molecule has 2 aromatic heterocycles. The highest BCUT2D eigenvalue weighted by Crippen LogP contribution is 2.30. The molecule has 0 aliphatic rings. The van der Waals surface area contributed by atoms with E-state index in [1.54, 1.807) is 0 Å². The molecule has 7 nitrogen and oxygen atoms in total. The van der Waals surface area contributed by atoms with Crippen molar-refractivity contribution in [2.75, 3.05) is 11.4 Å². The summed E-state index contributed by atoms with van der Waals surface area (Å²) in [6, 6.07) is 24.9. The van der Waals surface area contributed by atoms with Gasteiger partial charge in [0.05, 0.1) is 11.0 Å². The first-order chi connectivity index (χ1) is 15.3. The van der Waals surface area contributed by atoms with Crippen LogP contribution < -0.4 is 4.90 Å². The fourth-order valence-electron chi connectivity index (χ4n) is 3.83. The van der Waals surface area contributed by atoms with Crippen LogP contribution in [-0.4, -0.2) is 37.1 Å². The molecule has 31 heavy (non-hydrogen) atoms. The van der Waals surface area contributed by atoms with E-state index in [4.69, 9.17) is 4.98 Å². The molecule has 0 aliphatic heterocycles. The van der Waals surface area contributed by atoms with Gasteiger partial charge in [-0.1, -0.05) is 67.6 Å². The monoisotopic (exact) mass is 409 g/mol. The summed E-state index contributed by atoms with van der Waals surface area (Å²) in [7, 11) is 0. The minimum Gasteiger partial charge on any atom is -0.338 e. The van der Waals surface area contributed by atoms with Crippen molar-refractivity contribution in [3.8, 4) is 22.5 Å². The van der Waals surface area contributed by atoms with Gasteiger partial charge in [0, 0.05) is 18.7 Å². The van der Waals surface area contributed by atoms with Crippen LogP contribution >= 0.6 is 0 Å². The summed E-state index contributed by atoms with van der Waals surface area (Å²) in [5, 5.41) is 14.5. The molecule has 0 aliphatic carbocycles. The van der Waals surface area contributed by atoms with Crippen molar-refractivity contribution in [1.82, 2.24) is 30.6 Å². The van der Waals surface area contributed by atoms with E-state index in [2.05, 4.69) is 73.8 Å². The molecule has 5 aromatic rings. The molecule has 0 saturated carbocycles. The number of fused-ring (bicyclic) bond motifs is 1. The third-order valence-electron chi connectivity index (χ3n) is 5.32. The van der Waals surface area contributed by atoms with Gasteiger partial charge < -0.3 is 9.88 Å². The second-order valence-corrected chi connectivity index (χ2v) is 7.48. The van der Waals surface area contributed by atoms with Gasteiger partial charge in [-0.05, 0) is 40.5 Å². The summed E-state index contributed by atoms with van der Waals surface area (Å²) in [5.74, 6) is 1.51. The van der Waals surface area contributed by atoms with Crippen molar-refractivity contribution >= 4 is 17.0 Å². The number of benzene rings is 3. The van der Waals surface area contributed by atoms with Gasteiger partial charge in [0.2, 0.25) is 11.8 Å². The SMILES string of the molecule is CCCN(Cc1ccc(-c2ccccc2-c2nn[nH]n2)cc1)c1nc2ccccc2[nH]1. The van der Waals surface area contributed by atoms with Gasteiger partial charge in [-0.25, -0.2) is 4.98 Å². The van der Waals surface area contributed by atoms with Crippen molar-refractivity contribution in [3.63, 3.8) is 0 Å². The van der Waals surface area contributed by atoms with Gasteiger partial charge >= 0.3 is 0 Å². The van der Waals surface area contributed by atoms with Crippen LogP contribution in [-0.2, 0) is 6.54 Å². The molecule has 2 heterocycles. The largest absolute Gasteiger partial charge is 0.338 e. The highest BCUT2D eigenvalue weighted by molar-refractivity contribution is 5.80. The fraction of sp³-hybridized carbons (Fsp3) is 0.167. The van der Waals surface area contributed by atoms with Crippen molar-refractivity contribution < 1.29 is 0 Å². The van der Waals surface area contributed by atoms with Gasteiger partial charge in [0.25, 0.3) is 0 Å². The van der Waals surface area contributed by atoms with Crippen LogP contribution in [0.3, 0.4) is 0 Å². The predicted octanol–water partition coefficient (Wildman–Crippen LogP) is 4.83. The van der Waals surface area contributed by atoms with Crippen LogP contribution in [0.15, 0.2) is 72.8 Å². The molecular formula is C24H23N7. The molecule has 0 fully saturated rings. The van der Waals surface area contributed by atoms with E-state index in [9.17, 15) is 0 Å². The van der Waals surface area contributed by atoms with Gasteiger partial charge in [-0.2, -0.15) is 5.21 Å². The van der Waals surface area contributed by atoms with E-state index in [0.717, 1.165) is 53.2 Å². The van der Waals surface area contributed by atoms with E-state index in [1.165, 1.54) is 5.56 Å². The molecule has 0 saturated heterocycles. The zero-order chi connectivity index (χ0) is 21.0. The molecule has 3 aromatic carbocycles. The average Bonchev–Trinajstić information content (AvgIpc) is 3.49. The Bertz CT molecular complexity index is 1240. The van der Waals surface area contributed by atoms with Crippen LogP contribution in [0.5, 0.6) is 0 Å². The number of aromatic amines is 2. The van der Waals surface area contributed by atoms with Gasteiger partial charge in [-0.15, -0.1) is 10.2 Å². The Morgan fingerprint density at radius 2 is 1.65 bits per heavy atom. The van der Waals surface area contributed by atoms with E-state index in [0.29, 0.717) is 5.82 Å². The minimum absolute atomic E-state index is 0.596. The standard InChI is InChI=1S/C24H23N7/c1-2-15-31(24-25-21-9-5-6-10-22(21)26-24)16-17-11-13-18(14-12-17)19-7-3-4-8-20(19)23-27-29-30-28-23/h3-14H,2,15-16H2,1H3,(H,25,26)(H,27,28,29,30). The number of aromatic nitrogens is 6. The minimum atomic E-state index is 0.596. The molecule has 5 rings (SSSR count). The summed E-state index contributed by atoms with van der Waals surface area (Å²) < 4.78 is 0. The zero-order valence-corrected chi connectivity index (χ0v) is 17.3. The number of hydrogen-bond acceptors (Lipinski definition) is 5. The molecule has 0 amide bonds. The first kappa shape index (κ1) is 19.0. The lowest BCUT2D eigenvalue weighted by Crippen LogP contribution is -2.24. The first-order valence-corrected chi connectivity index (χ1v) is 10.4. The topological polar surface area (TPSA) is 86.4 Å². The molecule has 0 radical (unpaired) electrons. The van der Waals surface area contributed by atoms with Gasteiger partial charge in [-0.3, -0.25) is 0 Å². The van der Waals surface area contributed by atoms with Crippen LogP contribution in [0.2, 0.25) is 0 Å². The van der Waals surface area contributed by atoms with Gasteiger partial charge in [0.15, 0.2) is 0 Å². The Hall–Kier alpha value is -4.00. The summed E-state index contributed by atoms with van der Waals surface area (Å²) in [6.45, 7) is 3.91. The Labute approximate surface area is 180 Å². The predicted molar refractivity (Wildman–Crippen MR) is 122 cm³/mol. The Kier molecular flexibility index (Phi) is 5.14. The molecule has 0 atom stereocenters. The summed E-state index contributed by atoms with van der Waals surface area (Å²) >= 11 is 0. The van der Waals surface area contributed by atoms with Crippen molar-refractivity contribution in [3.05, 3.63) is 78.4 Å². The number of anilines is 1. The Morgan fingerprint density at radius 3 is 2.39 bits per heavy atom. The lowest BCUT2D eigenvalue weighted by Gasteiger charge is -2.21. The second kappa shape index (κ2) is 8.39. The quantitative estimate of drug-likeness (QED) is 0.402.